The zero-order valence-corrected chi connectivity index (χ0v) is 15.5. The summed E-state index contributed by atoms with van der Waals surface area (Å²) in [4.78, 5) is 12.6. The number of hydrogen-bond acceptors (Lipinski definition) is 3. The van der Waals surface area contributed by atoms with Crippen molar-refractivity contribution >= 4 is 29.1 Å². The summed E-state index contributed by atoms with van der Waals surface area (Å²) in [7, 11) is 3.07. The molecule has 2 rings (SSSR count). The van der Waals surface area contributed by atoms with Crippen molar-refractivity contribution in [2.75, 3.05) is 14.2 Å². The lowest BCUT2D eigenvalue weighted by Gasteiger charge is -2.27. The van der Waals surface area contributed by atoms with Crippen molar-refractivity contribution in [3.8, 4) is 11.5 Å². The molecule has 2 aromatic rings. The lowest BCUT2D eigenvalue weighted by molar-refractivity contribution is 0.0911. The largest absolute Gasteiger partial charge is 0.493 e. The second kappa shape index (κ2) is 7.32. The third kappa shape index (κ3) is 3.94. The molecule has 0 atom stereocenters. The topological polar surface area (TPSA) is 47.6 Å². The maximum atomic E-state index is 12.6. The summed E-state index contributed by atoms with van der Waals surface area (Å²) in [6, 6.07) is 10.3. The molecule has 0 saturated heterocycles. The minimum absolute atomic E-state index is 0.230. The van der Waals surface area contributed by atoms with Gasteiger partial charge in [0.25, 0.3) is 5.91 Å². The maximum Gasteiger partial charge on any atom is 0.252 e. The van der Waals surface area contributed by atoms with Gasteiger partial charge in [-0.2, -0.15) is 0 Å². The van der Waals surface area contributed by atoms with E-state index in [1.165, 1.54) is 7.11 Å². The predicted octanol–water partition coefficient (Wildman–Crippen LogP) is 4.68. The first-order chi connectivity index (χ1) is 11.3. The second-order valence-electron chi connectivity index (χ2n) is 5.78. The van der Waals surface area contributed by atoms with Gasteiger partial charge in [-0.15, -0.1) is 0 Å². The maximum absolute atomic E-state index is 12.6. The minimum Gasteiger partial charge on any atom is -0.493 e. The Morgan fingerprint density at radius 2 is 1.62 bits per heavy atom. The number of halogens is 2. The minimum atomic E-state index is -0.627. The highest BCUT2D eigenvalue weighted by molar-refractivity contribution is 6.42. The first-order valence-electron chi connectivity index (χ1n) is 7.28. The van der Waals surface area contributed by atoms with Gasteiger partial charge < -0.3 is 14.8 Å². The van der Waals surface area contributed by atoms with Gasteiger partial charge in [0.15, 0.2) is 11.5 Å². The van der Waals surface area contributed by atoms with Crippen LogP contribution in [0.1, 0.15) is 29.8 Å². The number of benzene rings is 2. The van der Waals surface area contributed by atoms with Crippen molar-refractivity contribution in [1.29, 1.82) is 0 Å². The van der Waals surface area contributed by atoms with Crippen LogP contribution in [0.5, 0.6) is 11.5 Å². The zero-order valence-electron chi connectivity index (χ0n) is 13.9. The van der Waals surface area contributed by atoms with E-state index < -0.39 is 5.54 Å². The summed E-state index contributed by atoms with van der Waals surface area (Å²) in [5.74, 6) is 0.835. The Labute approximate surface area is 151 Å². The van der Waals surface area contributed by atoms with E-state index in [4.69, 9.17) is 32.7 Å². The van der Waals surface area contributed by atoms with Crippen LogP contribution in [-0.4, -0.2) is 20.1 Å². The Morgan fingerprint density at radius 3 is 2.21 bits per heavy atom. The van der Waals surface area contributed by atoms with Crippen LogP contribution in [0.4, 0.5) is 0 Å². The molecule has 0 saturated carbocycles. The highest BCUT2D eigenvalue weighted by Crippen LogP contribution is 2.30. The van der Waals surface area contributed by atoms with Crippen LogP contribution in [0.25, 0.3) is 0 Å². The fourth-order valence-corrected chi connectivity index (χ4v) is 2.59. The molecule has 128 valence electrons. The Hall–Kier alpha value is -1.91. The van der Waals surface area contributed by atoms with E-state index in [1.807, 2.05) is 19.9 Å². The predicted molar refractivity (Wildman–Crippen MR) is 96.5 cm³/mol. The molecule has 6 heteroatoms. The molecule has 1 N–H and O–H groups in total. The Kier molecular flexibility index (Phi) is 5.62. The SMILES string of the molecule is COc1ccc(C(=O)NC(C)(C)c2ccc(Cl)c(Cl)c2)cc1OC. The molecule has 0 aromatic heterocycles. The molecule has 1 amide bonds. The van der Waals surface area contributed by atoms with E-state index in [1.54, 1.807) is 37.4 Å². The van der Waals surface area contributed by atoms with E-state index in [0.29, 0.717) is 27.1 Å². The summed E-state index contributed by atoms with van der Waals surface area (Å²) in [5.41, 5.74) is 0.699. The third-order valence-electron chi connectivity index (χ3n) is 3.71. The smallest absolute Gasteiger partial charge is 0.252 e. The Morgan fingerprint density at radius 1 is 0.958 bits per heavy atom. The van der Waals surface area contributed by atoms with Crippen molar-refractivity contribution in [1.82, 2.24) is 5.32 Å². The van der Waals surface area contributed by atoms with E-state index in [0.717, 1.165) is 5.56 Å². The highest BCUT2D eigenvalue weighted by Gasteiger charge is 2.24. The zero-order chi connectivity index (χ0) is 17.9. The molecule has 0 aliphatic heterocycles. The van der Waals surface area contributed by atoms with Crippen LogP contribution in [0.15, 0.2) is 36.4 Å². The van der Waals surface area contributed by atoms with Crippen molar-refractivity contribution in [3.63, 3.8) is 0 Å². The van der Waals surface area contributed by atoms with Gasteiger partial charge in [0, 0.05) is 5.56 Å². The summed E-state index contributed by atoms with van der Waals surface area (Å²) in [6.07, 6.45) is 0. The molecule has 0 aliphatic carbocycles. The number of nitrogens with one attached hydrogen (secondary N) is 1. The molecule has 0 heterocycles. The number of amides is 1. The molecule has 2 aromatic carbocycles. The molecular formula is C18H19Cl2NO3. The van der Waals surface area contributed by atoms with Gasteiger partial charge in [0.2, 0.25) is 0 Å². The molecule has 24 heavy (non-hydrogen) atoms. The number of methoxy groups -OCH3 is 2. The van der Waals surface area contributed by atoms with Crippen molar-refractivity contribution in [2.24, 2.45) is 0 Å². The second-order valence-corrected chi connectivity index (χ2v) is 6.59. The summed E-state index contributed by atoms with van der Waals surface area (Å²) in [6.45, 7) is 3.79. The lowest BCUT2D eigenvalue weighted by Crippen LogP contribution is -2.41. The van der Waals surface area contributed by atoms with Gasteiger partial charge in [0.1, 0.15) is 0 Å². The lowest BCUT2D eigenvalue weighted by atomic mass is 9.94. The van der Waals surface area contributed by atoms with E-state index in [9.17, 15) is 4.79 Å². The van der Waals surface area contributed by atoms with E-state index in [-0.39, 0.29) is 5.91 Å². The van der Waals surface area contributed by atoms with Gasteiger partial charge >= 0.3 is 0 Å². The quantitative estimate of drug-likeness (QED) is 0.834. The first kappa shape index (κ1) is 18.4. The van der Waals surface area contributed by atoms with Crippen molar-refractivity contribution < 1.29 is 14.3 Å². The number of ether oxygens (including phenoxy) is 2. The average molecular weight is 368 g/mol. The summed E-state index contributed by atoms with van der Waals surface area (Å²) in [5, 5.41) is 3.91. The standard InChI is InChI=1S/C18H19Cl2NO3/c1-18(2,12-6-7-13(19)14(20)10-12)21-17(22)11-5-8-15(23-3)16(9-11)24-4/h5-10H,1-4H3,(H,21,22). The van der Waals surface area contributed by atoms with Crippen LogP contribution in [0, 0.1) is 0 Å². The van der Waals surface area contributed by atoms with E-state index in [2.05, 4.69) is 5.32 Å². The van der Waals surface area contributed by atoms with Gasteiger partial charge in [0.05, 0.1) is 29.8 Å². The van der Waals surface area contributed by atoms with Crippen molar-refractivity contribution in [2.45, 2.75) is 19.4 Å². The molecule has 0 spiro atoms. The number of hydrogen-bond donors (Lipinski definition) is 1. The third-order valence-corrected chi connectivity index (χ3v) is 4.45. The average Bonchev–Trinajstić information content (AvgIpc) is 2.56. The monoisotopic (exact) mass is 367 g/mol. The molecule has 0 bridgehead atoms. The molecule has 0 unspecified atom stereocenters. The molecule has 4 nitrogen and oxygen atoms in total. The van der Waals surface area contributed by atoms with Crippen LogP contribution in [-0.2, 0) is 5.54 Å². The van der Waals surface area contributed by atoms with Gasteiger partial charge in [-0.1, -0.05) is 29.3 Å². The molecule has 0 fully saturated rings. The normalized spacial score (nSPS) is 11.1. The molecule has 0 aliphatic rings. The fraction of sp³-hybridized carbons (Fsp3) is 0.278. The van der Waals surface area contributed by atoms with Gasteiger partial charge in [-0.3, -0.25) is 4.79 Å². The summed E-state index contributed by atoms with van der Waals surface area (Å²) >= 11 is 12.0. The number of carbonyl (C=O) groups excluding carboxylic acids is 1. The van der Waals surface area contributed by atoms with E-state index >= 15 is 0 Å². The molecule has 0 radical (unpaired) electrons. The number of carbonyl (C=O) groups is 1. The summed E-state index contributed by atoms with van der Waals surface area (Å²) < 4.78 is 10.4. The number of rotatable bonds is 5. The Balaban J connectivity index is 2.25. The molecular weight excluding hydrogens is 349 g/mol. The van der Waals surface area contributed by atoms with Crippen LogP contribution in [0.2, 0.25) is 10.0 Å². The highest BCUT2D eigenvalue weighted by atomic mass is 35.5. The van der Waals surface area contributed by atoms with Crippen LogP contribution in [0.3, 0.4) is 0 Å². The van der Waals surface area contributed by atoms with Gasteiger partial charge in [-0.05, 0) is 49.7 Å². The van der Waals surface area contributed by atoms with Crippen LogP contribution < -0.4 is 14.8 Å². The van der Waals surface area contributed by atoms with Crippen LogP contribution >= 0.6 is 23.2 Å². The van der Waals surface area contributed by atoms with Gasteiger partial charge in [-0.25, -0.2) is 0 Å². The first-order valence-corrected chi connectivity index (χ1v) is 8.04. The Bertz CT molecular complexity index is 760. The fourth-order valence-electron chi connectivity index (χ4n) is 2.29. The van der Waals surface area contributed by atoms with Crippen molar-refractivity contribution in [3.05, 3.63) is 57.6 Å².